The number of carbonyl (C=O) groups is 1. The van der Waals surface area contributed by atoms with Crippen LogP contribution < -0.4 is 0 Å². The number of aromatic nitrogens is 3. The molecular formula is C13H7ClFN3O2. The van der Waals surface area contributed by atoms with Crippen LogP contribution in [0.5, 0.6) is 0 Å². The summed E-state index contributed by atoms with van der Waals surface area (Å²) in [6.07, 6.45) is 1.22. The zero-order valence-electron chi connectivity index (χ0n) is 9.89. The van der Waals surface area contributed by atoms with E-state index >= 15 is 0 Å². The number of carboxylic acid groups (broad SMARTS) is 1. The van der Waals surface area contributed by atoms with Gasteiger partial charge in [-0.2, -0.15) is 0 Å². The van der Waals surface area contributed by atoms with Crippen molar-refractivity contribution in [3.8, 4) is 11.4 Å². The molecule has 2 aromatic heterocycles. The molecule has 0 unspecified atom stereocenters. The van der Waals surface area contributed by atoms with E-state index in [1.807, 2.05) is 0 Å². The fourth-order valence-corrected chi connectivity index (χ4v) is 1.91. The van der Waals surface area contributed by atoms with Crippen LogP contribution in [0.3, 0.4) is 0 Å². The van der Waals surface area contributed by atoms with Crippen LogP contribution in [0.4, 0.5) is 4.39 Å². The van der Waals surface area contributed by atoms with Crippen molar-refractivity contribution in [2.45, 2.75) is 0 Å². The van der Waals surface area contributed by atoms with E-state index in [9.17, 15) is 9.18 Å². The average Bonchev–Trinajstić information content (AvgIpc) is 2.84. The molecule has 0 aliphatic heterocycles. The van der Waals surface area contributed by atoms with Crippen molar-refractivity contribution in [3.05, 3.63) is 46.9 Å². The number of imidazole rings is 1. The van der Waals surface area contributed by atoms with Gasteiger partial charge in [-0.15, -0.1) is 0 Å². The van der Waals surface area contributed by atoms with Gasteiger partial charge in [-0.1, -0.05) is 11.6 Å². The quantitative estimate of drug-likeness (QED) is 0.760. The molecule has 5 nitrogen and oxygen atoms in total. The summed E-state index contributed by atoms with van der Waals surface area (Å²) >= 11 is 5.62. The molecule has 0 radical (unpaired) electrons. The van der Waals surface area contributed by atoms with Crippen LogP contribution in [0.2, 0.25) is 5.02 Å². The standard InChI is InChI=1S/C13H7ClFN3O2/c14-8-2-1-6(3-9(8)15)11-17-10-4-7(13(19)20)5-16-12(10)18-11/h1-5H,(H,19,20)(H,16,17,18). The normalized spacial score (nSPS) is 10.9. The van der Waals surface area contributed by atoms with Crippen LogP contribution in [0.15, 0.2) is 30.5 Å². The van der Waals surface area contributed by atoms with E-state index in [2.05, 4.69) is 15.0 Å². The van der Waals surface area contributed by atoms with Gasteiger partial charge in [-0.3, -0.25) is 0 Å². The van der Waals surface area contributed by atoms with Crippen molar-refractivity contribution < 1.29 is 14.3 Å². The van der Waals surface area contributed by atoms with Gasteiger partial charge in [0.05, 0.1) is 16.1 Å². The van der Waals surface area contributed by atoms with Crippen LogP contribution in [0.1, 0.15) is 10.4 Å². The Morgan fingerprint density at radius 3 is 2.85 bits per heavy atom. The number of hydrogen-bond acceptors (Lipinski definition) is 3. The number of pyridine rings is 1. The molecule has 2 N–H and O–H groups in total. The van der Waals surface area contributed by atoms with E-state index in [1.54, 1.807) is 6.07 Å². The van der Waals surface area contributed by atoms with Crippen LogP contribution in [-0.2, 0) is 0 Å². The second-order valence-corrected chi connectivity index (χ2v) is 4.52. The number of carboxylic acids is 1. The number of nitrogens with one attached hydrogen (secondary N) is 1. The van der Waals surface area contributed by atoms with Crippen molar-refractivity contribution in [1.82, 2.24) is 15.0 Å². The summed E-state index contributed by atoms with van der Waals surface area (Å²) in [4.78, 5) is 21.9. The van der Waals surface area contributed by atoms with Gasteiger partial charge < -0.3 is 10.1 Å². The highest BCUT2D eigenvalue weighted by Crippen LogP contribution is 2.24. The van der Waals surface area contributed by atoms with Gasteiger partial charge in [0.2, 0.25) is 0 Å². The van der Waals surface area contributed by atoms with Crippen molar-refractivity contribution in [2.75, 3.05) is 0 Å². The van der Waals surface area contributed by atoms with Crippen molar-refractivity contribution in [3.63, 3.8) is 0 Å². The molecule has 1 aromatic carbocycles. The van der Waals surface area contributed by atoms with E-state index in [0.717, 1.165) is 0 Å². The second-order valence-electron chi connectivity index (χ2n) is 4.11. The first-order chi connectivity index (χ1) is 9.54. The Morgan fingerprint density at radius 2 is 2.15 bits per heavy atom. The third-order valence-electron chi connectivity index (χ3n) is 2.78. The van der Waals surface area contributed by atoms with Crippen molar-refractivity contribution in [2.24, 2.45) is 0 Å². The lowest BCUT2D eigenvalue weighted by molar-refractivity contribution is 0.0696. The van der Waals surface area contributed by atoms with Crippen LogP contribution in [-0.4, -0.2) is 26.0 Å². The average molecular weight is 292 g/mol. The largest absolute Gasteiger partial charge is 0.478 e. The highest BCUT2D eigenvalue weighted by Gasteiger charge is 2.11. The summed E-state index contributed by atoms with van der Waals surface area (Å²) in [5, 5.41) is 8.92. The van der Waals surface area contributed by atoms with Gasteiger partial charge in [0.1, 0.15) is 11.6 Å². The molecule has 0 aliphatic rings. The Labute approximate surface area is 117 Å². The number of fused-ring (bicyclic) bond motifs is 1. The van der Waals surface area contributed by atoms with E-state index in [0.29, 0.717) is 22.6 Å². The molecule has 0 spiro atoms. The lowest BCUT2D eigenvalue weighted by Gasteiger charge is -1.98. The first-order valence-corrected chi connectivity index (χ1v) is 5.97. The maximum atomic E-state index is 13.4. The summed E-state index contributed by atoms with van der Waals surface area (Å²) in [5.74, 6) is -1.23. The summed E-state index contributed by atoms with van der Waals surface area (Å²) < 4.78 is 13.4. The van der Waals surface area contributed by atoms with Crippen molar-refractivity contribution in [1.29, 1.82) is 0 Å². The first kappa shape index (κ1) is 12.6. The molecule has 0 saturated heterocycles. The topological polar surface area (TPSA) is 78.9 Å². The van der Waals surface area contributed by atoms with E-state index in [-0.39, 0.29) is 10.6 Å². The van der Waals surface area contributed by atoms with E-state index < -0.39 is 11.8 Å². The van der Waals surface area contributed by atoms with Crippen LogP contribution >= 0.6 is 11.6 Å². The zero-order valence-corrected chi connectivity index (χ0v) is 10.6. The Morgan fingerprint density at radius 1 is 1.35 bits per heavy atom. The molecule has 3 rings (SSSR count). The molecule has 100 valence electrons. The third-order valence-corrected chi connectivity index (χ3v) is 3.08. The minimum absolute atomic E-state index is 0.0242. The fourth-order valence-electron chi connectivity index (χ4n) is 1.80. The molecule has 0 aliphatic carbocycles. The number of H-pyrrole nitrogens is 1. The minimum atomic E-state index is -1.08. The van der Waals surface area contributed by atoms with E-state index in [1.165, 1.54) is 24.4 Å². The maximum absolute atomic E-state index is 13.4. The highest BCUT2D eigenvalue weighted by atomic mass is 35.5. The molecule has 20 heavy (non-hydrogen) atoms. The first-order valence-electron chi connectivity index (χ1n) is 5.59. The highest BCUT2D eigenvalue weighted by molar-refractivity contribution is 6.30. The molecule has 7 heteroatoms. The summed E-state index contributed by atoms with van der Waals surface area (Å²) in [6, 6.07) is 5.71. The predicted octanol–water partition coefficient (Wildman–Crippen LogP) is 3.12. The second kappa shape index (κ2) is 4.57. The molecule has 0 saturated carbocycles. The summed E-state index contributed by atoms with van der Waals surface area (Å²) in [6.45, 7) is 0. The monoisotopic (exact) mass is 291 g/mol. The Hall–Kier alpha value is -2.47. The summed E-state index contributed by atoms with van der Waals surface area (Å²) in [7, 11) is 0. The number of rotatable bonds is 2. The molecule has 0 atom stereocenters. The SMILES string of the molecule is O=C(O)c1cnc2nc(-c3ccc(Cl)c(F)c3)[nH]c2c1. The molecule has 0 amide bonds. The minimum Gasteiger partial charge on any atom is -0.478 e. The van der Waals surface area contributed by atoms with Gasteiger partial charge in [0, 0.05) is 11.8 Å². The molecular weight excluding hydrogens is 285 g/mol. The van der Waals surface area contributed by atoms with Gasteiger partial charge in [-0.05, 0) is 24.3 Å². The number of halogens is 2. The Balaban J connectivity index is 2.12. The maximum Gasteiger partial charge on any atom is 0.337 e. The lowest BCUT2D eigenvalue weighted by atomic mass is 10.2. The molecule has 3 aromatic rings. The molecule has 2 heterocycles. The van der Waals surface area contributed by atoms with Gasteiger partial charge in [0.25, 0.3) is 0 Å². The number of hydrogen-bond donors (Lipinski definition) is 2. The van der Waals surface area contributed by atoms with Gasteiger partial charge in [0.15, 0.2) is 5.65 Å². The van der Waals surface area contributed by atoms with Crippen LogP contribution in [0.25, 0.3) is 22.6 Å². The van der Waals surface area contributed by atoms with Gasteiger partial charge in [-0.25, -0.2) is 19.2 Å². The zero-order chi connectivity index (χ0) is 14.3. The number of benzene rings is 1. The summed E-state index contributed by atoms with van der Waals surface area (Å²) in [5.41, 5.74) is 1.38. The number of aromatic carboxylic acids is 1. The Kier molecular flexibility index (Phi) is 2.87. The molecule has 0 bridgehead atoms. The molecule has 0 fully saturated rings. The smallest absolute Gasteiger partial charge is 0.337 e. The van der Waals surface area contributed by atoms with Crippen LogP contribution in [0, 0.1) is 5.82 Å². The Bertz CT molecular complexity index is 832. The third kappa shape index (κ3) is 2.10. The lowest BCUT2D eigenvalue weighted by Crippen LogP contribution is -1.96. The van der Waals surface area contributed by atoms with Crippen molar-refractivity contribution >= 4 is 28.7 Å². The number of aromatic amines is 1. The van der Waals surface area contributed by atoms with E-state index in [4.69, 9.17) is 16.7 Å². The number of nitrogens with zero attached hydrogens (tertiary/aromatic N) is 2. The fraction of sp³-hybridized carbons (Fsp3) is 0. The predicted molar refractivity (Wildman–Crippen MR) is 71.3 cm³/mol. The van der Waals surface area contributed by atoms with Gasteiger partial charge >= 0.3 is 5.97 Å².